The molecule has 7 heteroatoms. The Morgan fingerprint density at radius 1 is 1.39 bits per heavy atom. The molecule has 3 heterocycles. The molecule has 0 bridgehead atoms. The van der Waals surface area contributed by atoms with Crippen LogP contribution in [0.1, 0.15) is 18.6 Å². The van der Waals surface area contributed by atoms with E-state index in [4.69, 9.17) is 4.52 Å². The lowest BCUT2D eigenvalue weighted by atomic mass is 10.4. The number of aromatic nitrogens is 4. The highest BCUT2D eigenvalue weighted by Crippen LogP contribution is 2.29. The molecule has 92 valence electrons. The maximum Gasteiger partial charge on any atom is 0.237 e. The molecule has 3 aromatic heterocycles. The first-order valence-corrected chi connectivity index (χ1v) is 7.36. The molecular weight excluding hydrogens is 268 g/mol. The Morgan fingerprint density at radius 3 is 3.17 bits per heavy atom. The number of hydrogen-bond acceptors (Lipinski definition) is 7. The van der Waals surface area contributed by atoms with Gasteiger partial charge in [0, 0.05) is 11.8 Å². The molecule has 0 unspecified atom stereocenters. The minimum absolute atomic E-state index is 0.634. The zero-order valence-corrected chi connectivity index (χ0v) is 11.3. The Hall–Kier alpha value is -1.47. The average molecular weight is 278 g/mol. The summed E-state index contributed by atoms with van der Waals surface area (Å²) in [5, 5.41) is 7.93. The summed E-state index contributed by atoms with van der Waals surface area (Å²) < 4.78 is 5.15. The van der Waals surface area contributed by atoms with Crippen LogP contribution in [0.25, 0.3) is 10.2 Å². The number of thioether (sulfide) groups is 1. The Bertz CT molecular complexity index is 664. The standard InChI is InChI=1S/C11H10N4OS2/c1-2-8-14-9(16-15-8)5-18-11-7-3-4-17-10(7)12-6-13-11/h3-4,6H,2,5H2,1H3. The van der Waals surface area contributed by atoms with Gasteiger partial charge in [-0.25, -0.2) is 9.97 Å². The van der Waals surface area contributed by atoms with Crippen LogP contribution < -0.4 is 0 Å². The summed E-state index contributed by atoms with van der Waals surface area (Å²) in [5.74, 6) is 2.02. The summed E-state index contributed by atoms with van der Waals surface area (Å²) in [6.45, 7) is 2.00. The summed E-state index contributed by atoms with van der Waals surface area (Å²) in [4.78, 5) is 13.8. The monoisotopic (exact) mass is 278 g/mol. The molecule has 0 spiro atoms. The van der Waals surface area contributed by atoms with Crippen molar-refractivity contribution in [2.24, 2.45) is 0 Å². The van der Waals surface area contributed by atoms with E-state index in [0.29, 0.717) is 11.6 Å². The fourth-order valence-electron chi connectivity index (χ4n) is 1.50. The number of aryl methyl sites for hydroxylation is 1. The van der Waals surface area contributed by atoms with E-state index >= 15 is 0 Å². The van der Waals surface area contributed by atoms with Crippen LogP contribution in [0.5, 0.6) is 0 Å². The van der Waals surface area contributed by atoms with Crippen LogP contribution in [0, 0.1) is 0 Å². The summed E-state index contributed by atoms with van der Waals surface area (Å²) in [7, 11) is 0. The van der Waals surface area contributed by atoms with E-state index < -0.39 is 0 Å². The lowest BCUT2D eigenvalue weighted by Crippen LogP contribution is -1.86. The van der Waals surface area contributed by atoms with Crippen molar-refractivity contribution >= 4 is 33.3 Å². The van der Waals surface area contributed by atoms with Crippen LogP contribution in [0.2, 0.25) is 0 Å². The van der Waals surface area contributed by atoms with Gasteiger partial charge < -0.3 is 4.52 Å². The van der Waals surface area contributed by atoms with Crippen molar-refractivity contribution < 1.29 is 4.52 Å². The van der Waals surface area contributed by atoms with Crippen molar-refractivity contribution in [2.75, 3.05) is 0 Å². The van der Waals surface area contributed by atoms with E-state index in [1.807, 2.05) is 18.4 Å². The van der Waals surface area contributed by atoms with Crippen molar-refractivity contribution in [1.82, 2.24) is 20.1 Å². The minimum atomic E-state index is 0.634. The molecule has 0 aliphatic rings. The minimum Gasteiger partial charge on any atom is -0.338 e. The lowest BCUT2D eigenvalue weighted by Gasteiger charge is -1.98. The van der Waals surface area contributed by atoms with Crippen molar-refractivity contribution in [3.8, 4) is 0 Å². The van der Waals surface area contributed by atoms with Gasteiger partial charge in [0.05, 0.1) is 5.75 Å². The van der Waals surface area contributed by atoms with E-state index in [1.54, 1.807) is 29.4 Å². The van der Waals surface area contributed by atoms with Crippen LogP contribution in [0.3, 0.4) is 0 Å². The molecule has 18 heavy (non-hydrogen) atoms. The van der Waals surface area contributed by atoms with Crippen LogP contribution in [0.15, 0.2) is 27.3 Å². The zero-order chi connectivity index (χ0) is 12.4. The second-order valence-corrected chi connectivity index (χ2v) is 5.42. The number of nitrogens with zero attached hydrogens (tertiary/aromatic N) is 4. The van der Waals surface area contributed by atoms with Crippen molar-refractivity contribution in [1.29, 1.82) is 0 Å². The maximum absolute atomic E-state index is 5.15. The Labute approximate surface area is 112 Å². The normalized spacial score (nSPS) is 11.2. The molecule has 0 aromatic carbocycles. The molecule has 3 aromatic rings. The molecule has 3 rings (SSSR count). The Balaban J connectivity index is 1.78. The molecule has 0 N–H and O–H groups in total. The summed E-state index contributed by atoms with van der Waals surface area (Å²) in [6.07, 6.45) is 2.38. The third-order valence-electron chi connectivity index (χ3n) is 2.38. The molecule has 5 nitrogen and oxygen atoms in total. The highest BCUT2D eigenvalue weighted by molar-refractivity contribution is 7.98. The Kier molecular flexibility index (Phi) is 3.24. The van der Waals surface area contributed by atoms with Crippen LogP contribution in [-0.2, 0) is 12.2 Å². The third-order valence-corrected chi connectivity index (χ3v) is 4.19. The second kappa shape index (κ2) is 5.03. The number of thiophene rings is 1. The molecule has 0 aliphatic carbocycles. The van der Waals surface area contributed by atoms with Gasteiger partial charge in [0.15, 0.2) is 5.82 Å². The highest BCUT2D eigenvalue weighted by Gasteiger charge is 2.09. The van der Waals surface area contributed by atoms with Gasteiger partial charge in [-0.1, -0.05) is 23.8 Å². The fourth-order valence-corrected chi connectivity index (χ4v) is 3.12. The van der Waals surface area contributed by atoms with Gasteiger partial charge in [-0.15, -0.1) is 11.3 Å². The molecular formula is C11H10N4OS2. The smallest absolute Gasteiger partial charge is 0.237 e. The van der Waals surface area contributed by atoms with Crippen molar-refractivity contribution in [2.45, 2.75) is 24.1 Å². The number of fused-ring (bicyclic) bond motifs is 1. The Morgan fingerprint density at radius 2 is 2.33 bits per heavy atom. The summed E-state index contributed by atoms with van der Waals surface area (Å²) >= 11 is 3.21. The fraction of sp³-hybridized carbons (Fsp3) is 0.273. The third kappa shape index (κ3) is 2.23. The van der Waals surface area contributed by atoms with Crippen LogP contribution in [0.4, 0.5) is 0 Å². The first-order chi connectivity index (χ1) is 8.86. The maximum atomic E-state index is 5.15. The van der Waals surface area contributed by atoms with E-state index in [2.05, 4.69) is 20.1 Å². The van der Waals surface area contributed by atoms with Crippen LogP contribution >= 0.6 is 23.1 Å². The van der Waals surface area contributed by atoms with E-state index in [-0.39, 0.29) is 0 Å². The topological polar surface area (TPSA) is 64.7 Å². The first kappa shape index (κ1) is 11.6. The summed E-state index contributed by atoms with van der Waals surface area (Å²) in [6, 6.07) is 2.04. The van der Waals surface area contributed by atoms with E-state index in [0.717, 1.165) is 27.5 Å². The van der Waals surface area contributed by atoms with Gasteiger partial charge in [0.25, 0.3) is 0 Å². The zero-order valence-electron chi connectivity index (χ0n) is 9.66. The predicted octanol–water partition coefficient (Wildman–Crippen LogP) is 2.93. The SMILES string of the molecule is CCc1noc(CSc2ncnc3sccc23)n1. The highest BCUT2D eigenvalue weighted by atomic mass is 32.2. The first-order valence-electron chi connectivity index (χ1n) is 5.49. The average Bonchev–Trinajstić information content (AvgIpc) is 3.05. The van der Waals surface area contributed by atoms with Gasteiger partial charge in [-0.05, 0) is 11.4 Å². The van der Waals surface area contributed by atoms with Gasteiger partial charge in [0.2, 0.25) is 5.89 Å². The molecule has 0 saturated heterocycles. The largest absolute Gasteiger partial charge is 0.338 e. The van der Waals surface area contributed by atoms with Gasteiger partial charge in [-0.2, -0.15) is 4.98 Å². The van der Waals surface area contributed by atoms with Gasteiger partial charge in [-0.3, -0.25) is 0 Å². The van der Waals surface area contributed by atoms with Crippen LogP contribution in [-0.4, -0.2) is 20.1 Å². The van der Waals surface area contributed by atoms with Crippen molar-refractivity contribution in [3.05, 3.63) is 29.5 Å². The predicted molar refractivity (Wildman–Crippen MR) is 70.7 cm³/mol. The van der Waals surface area contributed by atoms with Gasteiger partial charge in [0.1, 0.15) is 16.2 Å². The van der Waals surface area contributed by atoms with E-state index in [1.165, 1.54) is 0 Å². The second-order valence-electron chi connectivity index (χ2n) is 3.56. The molecule has 0 atom stereocenters. The molecule has 0 amide bonds. The van der Waals surface area contributed by atoms with E-state index in [9.17, 15) is 0 Å². The number of rotatable bonds is 4. The molecule has 0 aliphatic heterocycles. The van der Waals surface area contributed by atoms with Crippen molar-refractivity contribution in [3.63, 3.8) is 0 Å². The summed E-state index contributed by atoms with van der Waals surface area (Å²) in [5.41, 5.74) is 0. The lowest BCUT2D eigenvalue weighted by molar-refractivity contribution is 0.385. The molecule has 0 radical (unpaired) electrons. The molecule has 0 fully saturated rings. The number of hydrogen-bond donors (Lipinski definition) is 0. The quantitative estimate of drug-likeness (QED) is 0.540. The van der Waals surface area contributed by atoms with Gasteiger partial charge >= 0.3 is 0 Å². The molecule has 0 saturated carbocycles.